The number of nitrogens with zero attached hydrogens (tertiary/aromatic N) is 4. The summed E-state index contributed by atoms with van der Waals surface area (Å²) in [6.07, 6.45) is 4.68. The van der Waals surface area contributed by atoms with Crippen LogP contribution in [0, 0.1) is 6.92 Å². The Bertz CT molecular complexity index is 850. The fourth-order valence-corrected chi connectivity index (χ4v) is 2.01. The highest BCUT2D eigenvalue weighted by Crippen LogP contribution is 2.17. The van der Waals surface area contributed by atoms with Gasteiger partial charge in [0.2, 0.25) is 0 Å². The van der Waals surface area contributed by atoms with Gasteiger partial charge in [0.1, 0.15) is 17.2 Å². The zero-order valence-electron chi connectivity index (χ0n) is 12.4. The number of anilines is 2. The zero-order valence-corrected chi connectivity index (χ0v) is 12.4. The third-order valence-electron chi connectivity index (χ3n) is 3.13. The van der Waals surface area contributed by atoms with Crippen LogP contribution in [0.1, 0.15) is 16.1 Å². The normalized spacial score (nSPS) is 10.3. The minimum Gasteiger partial charge on any atom is -0.383 e. The summed E-state index contributed by atoms with van der Waals surface area (Å²) in [6.45, 7) is 1.84. The van der Waals surface area contributed by atoms with Crippen LogP contribution in [-0.2, 0) is 0 Å². The number of amides is 1. The highest BCUT2D eigenvalue weighted by atomic mass is 16.1. The first kappa shape index (κ1) is 14.6. The molecule has 0 spiro atoms. The van der Waals surface area contributed by atoms with Gasteiger partial charge in [0.15, 0.2) is 5.82 Å². The average molecular weight is 306 g/mol. The fraction of sp³-hybridized carbons (Fsp3) is 0.0625. The van der Waals surface area contributed by atoms with Gasteiger partial charge in [0.05, 0.1) is 0 Å². The zero-order chi connectivity index (χ0) is 16.2. The first-order valence-corrected chi connectivity index (χ1v) is 6.91. The molecule has 7 heteroatoms. The molecule has 0 aliphatic heterocycles. The lowest BCUT2D eigenvalue weighted by molar-refractivity contribution is 0.102. The molecule has 23 heavy (non-hydrogen) atoms. The molecule has 3 N–H and O–H groups in total. The van der Waals surface area contributed by atoms with Crippen molar-refractivity contribution in [1.82, 2.24) is 19.9 Å². The van der Waals surface area contributed by atoms with Crippen LogP contribution in [-0.4, -0.2) is 25.8 Å². The second-order valence-corrected chi connectivity index (χ2v) is 4.85. The molecule has 0 bridgehead atoms. The average Bonchev–Trinajstić information content (AvgIpc) is 2.55. The van der Waals surface area contributed by atoms with Gasteiger partial charge < -0.3 is 11.1 Å². The van der Waals surface area contributed by atoms with E-state index in [-0.39, 0.29) is 11.4 Å². The topological polar surface area (TPSA) is 107 Å². The molecule has 0 aromatic carbocycles. The Kier molecular flexibility index (Phi) is 3.92. The highest BCUT2D eigenvalue weighted by molar-refractivity contribution is 6.06. The van der Waals surface area contributed by atoms with Gasteiger partial charge in [-0.05, 0) is 31.2 Å². The van der Waals surface area contributed by atoms with Crippen molar-refractivity contribution in [1.29, 1.82) is 0 Å². The molecule has 3 aromatic rings. The fourth-order valence-electron chi connectivity index (χ4n) is 2.01. The van der Waals surface area contributed by atoms with Crippen LogP contribution >= 0.6 is 0 Å². The molecular weight excluding hydrogens is 292 g/mol. The van der Waals surface area contributed by atoms with Gasteiger partial charge in [-0.15, -0.1) is 0 Å². The molecule has 0 aliphatic carbocycles. The summed E-state index contributed by atoms with van der Waals surface area (Å²) in [5, 5.41) is 2.68. The Hall–Kier alpha value is -3.35. The molecule has 114 valence electrons. The van der Waals surface area contributed by atoms with E-state index in [0.717, 1.165) is 11.3 Å². The van der Waals surface area contributed by atoms with E-state index in [1.807, 2.05) is 19.1 Å². The van der Waals surface area contributed by atoms with Crippen molar-refractivity contribution in [3.8, 4) is 11.4 Å². The quantitative estimate of drug-likeness (QED) is 0.767. The van der Waals surface area contributed by atoms with Crippen LogP contribution in [0.2, 0.25) is 0 Å². The number of carbonyl (C=O) groups is 1. The van der Waals surface area contributed by atoms with Crippen molar-refractivity contribution in [2.75, 3.05) is 11.1 Å². The number of nitrogens with one attached hydrogen (secondary N) is 1. The van der Waals surface area contributed by atoms with Crippen molar-refractivity contribution in [3.63, 3.8) is 0 Å². The van der Waals surface area contributed by atoms with E-state index in [2.05, 4.69) is 25.3 Å². The lowest BCUT2D eigenvalue weighted by atomic mass is 10.2. The first-order chi connectivity index (χ1) is 11.1. The number of nitrogens with two attached hydrogens (primary N) is 1. The van der Waals surface area contributed by atoms with Crippen LogP contribution in [0.4, 0.5) is 11.6 Å². The maximum atomic E-state index is 12.3. The van der Waals surface area contributed by atoms with Crippen molar-refractivity contribution < 1.29 is 4.79 Å². The number of nitrogen functional groups attached to an aromatic ring is 1. The van der Waals surface area contributed by atoms with E-state index in [4.69, 9.17) is 5.73 Å². The summed E-state index contributed by atoms with van der Waals surface area (Å²) in [7, 11) is 0. The van der Waals surface area contributed by atoms with Crippen molar-refractivity contribution in [2.45, 2.75) is 6.92 Å². The Labute approximate surface area is 132 Å². The molecule has 0 atom stereocenters. The van der Waals surface area contributed by atoms with Gasteiger partial charge >= 0.3 is 0 Å². The van der Waals surface area contributed by atoms with Crippen LogP contribution in [0.25, 0.3) is 11.4 Å². The SMILES string of the molecule is Cc1cccc(NC(=O)c2cnc(-c3ccncc3)nc2N)n1. The number of aromatic nitrogens is 4. The lowest BCUT2D eigenvalue weighted by Gasteiger charge is -2.08. The lowest BCUT2D eigenvalue weighted by Crippen LogP contribution is -2.16. The minimum absolute atomic E-state index is 0.108. The van der Waals surface area contributed by atoms with Crippen LogP contribution in [0.15, 0.2) is 48.9 Å². The third kappa shape index (κ3) is 3.29. The van der Waals surface area contributed by atoms with E-state index in [9.17, 15) is 4.79 Å². The molecular formula is C16H14N6O. The molecule has 3 heterocycles. The summed E-state index contributed by atoms with van der Waals surface area (Å²) in [4.78, 5) is 28.8. The number of hydrogen-bond acceptors (Lipinski definition) is 6. The Balaban J connectivity index is 1.84. The summed E-state index contributed by atoms with van der Waals surface area (Å²) in [6, 6.07) is 8.89. The Morgan fingerprint density at radius 3 is 2.61 bits per heavy atom. The Morgan fingerprint density at radius 2 is 1.91 bits per heavy atom. The molecule has 7 nitrogen and oxygen atoms in total. The maximum absolute atomic E-state index is 12.3. The van der Waals surface area contributed by atoms with Crippen LogP contribution in [0.5, 0.6) is 0 Å². The molecule has 0 unspecified atom stereocenters. The predicted octanol–water partition coefficient (Wildman–Crippen LogP) is 2.08. The van der Waals surface area contributed by atoms with Crippen molar-refractivity contribution in [2.24, 2.45) is 0 Å². The summed E-state index contributed by atoms with van der Waals surface area (Å²) >= 11 is 0. The maximum Gasteiger partial charge on any atom is 0.262 e. The molecule has 3 aromatic heterocycles. The number of rotatable bonds is 3. The van der Waals surface area contributed by atoms with Gasteiger partial charge in [-0.3, -0.25) is 9.78 Å². The van der Waals surface area contributed by atoms with E-state index >= 15 is 0 Å². The molecule has 0 radical (unpaired) electrons. The summed E-state index contributed by atoms with van der Waals surface area (Å²) in [5.74, 6) is 0.599. The first-order valence-electron chi connectivity index (χ1n) is 6.91. The third-order valence-corrected chi connectivity index (χ3v) is 3.13. The smallest absolute Gasteiger partial charge is 0.262 e. The van der Waals surface area contributed by atoms with Gasteiger partial charge in [0, 0.05) is 29.8 Å². The number of pyridine rings is 2. The van der Waals surface area contributed by atoms with E-state index in [1.54, 1.807) is 30.6 Å². The van der Waals surface area contributed by atoms with Crippen LogP contribution in [0.3, 0.4) is 0 Å². The molecule has 0 fully saturated rings. The van der Waals surface area contributed by atoms with E-state index in [0.29, 0.717) is 11.6 Å². The van der Waals surface area contributed by atoms with Crippen molar-refractivity contribution in [3.05, 3.63) is 60.2 Å². The van der Waals surface area contributed by atoms with E-state index < -0.39 is 5.91 Å². The Morgan fingerprint density at radius 1 is 1.13 bits per heavy atom. The summed E-state index contributed by atoms with van der Waals surface area (Å²) < 4.78 is 0. The van der Waals surface area contributed by atoms with Crippen LogP contribution < -0.4 is 11.1 Å². The predicted molar refractivity (Wildman–Crippen MR) is 86.6 cm³/mol. The number of hydrogen-bond donors (Lipinski definition) is 2. The molecule has 1 amide bonds. The second-order valence-electron chi connectivity index (χ2n) is 4.85. The van der Waals surface area contributed by atoms with Crippen molar-refractivity contribution >= 4 is 17.5 Å². The highest BCUT2D eigenvalue weighted by Gasteiger charge is 2.14. The molecule has 3 rings (SSSR count). The second kappa shape index (κ2) is 6.18. The van der Waals surface area contributed by atoms with Gasteiger partial charge in [0.25, 0.3) is 5.91 Å². The number of carbonyl (C=O) groups excluding carboxylic acids is 1. The largest absolute Gasteiger partial charge is 0.383 e. The molecule has 0 saturated carbocycles. The van der Waals surface area contributed by atoms with E-state index in [1.165, 1.54) is 6.20 Å². The monoisotopic (exact) mass is 306 g/mol. The van der Waals surface area contributed by atoms with Gasteiger partial charge in [-0.1, -0.05) is 6.07 Å². The standard InChI is InChI=1S/C16H14N6O/c1-10-3-2-4-13(20-10)21-16(23)12-9-19-15(22-14(12)17)11-5-7-18-8-6-11/h2-9H,1H3,(H2,17,19,22)(H,20,21,23). The van der Waals surface area contributed by atoms with Gasteiger partial charge in [-0.25, -0.2) is 15.0 Å². The summed E-state index contributed by atoms with van der Waals surface area (Å²) in [5.41, 5.74) is 7.68. The van der Waals surface area contributed by atoms with Gasteiger partial charge in [-0.2, -0.15) is 0 Å². The number of aryl methyl sites for hydroxylation is 1. The molecule has 0 saturated heterocycles. The molecule has 0 aliphatic rings. The minimum atomic E-state index is -0.401.